The normalized spacial score (nSPS) is 13.1. The van der Waals surface area contributed by atoms with E-state index < -0.39 is 11.1 Å². The number of hydrogen-bond acceptors (Lipinski definition) is 3. The van der Waals surface area contributed by atoms with Gasteiger partial charge in [-0.25, -0.2) is 4.98 Å². The van der Waals surface area contributed by atoms with Crippen LogP contribution in [0.2, 0.25) is 5.02 Å². The van der Waals surface area contributed by atoms with Crippen molar-refractivity contribution in [2.24, 2.45) is 5.92 Å². The van der Waals surface area contributed by atoms with Gasteiger partial charge in [-0.3, -0.25) is 0 Å². The predicted octanol–water partition coefficient (Wildman–Crippen LogP) is 8.29. The van der Waals surface area contributed by atoms with Crippen LogP contribution in [0.5, 0.6) is 0 Å². The molecular weight excluding hydrogens is 538 g/mol. The van der Waals surface area contributed by atoms with Gasteiger partial charge < -0.3 is 9.67 Å². The Kier molecular flexibility index (Phi) is 7.16. The molecule has 0 aliphatic heterocycles. The van der Waals surface area contributed by atoms with Gasteiger partial charge in [-0.15, -0.1) is 0 Å². The van der Waals surface area contributed by atoms with Crippen molar-refractivity contribution in [1.29, 1.82) is 5.26 Å². The Balaban J connectivity index is 1.58. The monoisotopic (exact) mass is 567 g/mol. The van der Waals surface area contributed by atoms with Crippen LogP contribution in [0.1, 0.15) is 47.4 Å². The van der Waals surface area contributed by atoms with Gasteiger partial charge in [0.1, 0.15) is 17.2 Å². The van der Waals surface area contributed by atoms with E-state index in [9.17, 15) is 10.4 Å². The summed E-state index contributed by atoms with van der Waals surface area (Å²) in [5.74, 6) is -0.202. The molecular formula is C37H30ClN3O. The summed E-state index contributed by atoms with van der Waals surface area (Å²) >= 11 is 6.52. The summed E-state index contributed by atoms with van der Waals surface area (Å²) in [4.78, 5) is 4.90. The lowest BCUT2D eigenvalue weighted by Gasteiger charge is -2.37. The number of rotatable bonds is 7. The zero-order valence-corrected chi connectivity index (χ0v) is 24.2. The predicted molar refractivity (Wildman–Crippen MR) is 168 cm³/mol. The van der Waals surface area contributed by atoms with Crippen molar-refractivity contribution in [1.82, 2.24) is 9.55 Å². The first-order valence-corrected chi connectivity index (χ1v) is 14.3. The van der Waals surface area contributed by atoms with Crippen molar-refractivity contribution < 1.29 is 5.11 Å². The summed E-state index contributed by atoms with van der Waals surface area (Å²) in [7, 11) is 0. The minimum atomic E-state index is -1.39. The van der Waals surface area contributed by atoms with Crippen LogP contribution in [-0.4, -0.2) is 14.7 Å². The van der Waals surface area contributed by atoms with Gasteiger partial charge in [-0.05, 0) is 45.7 Å². The molecule has 0 bridgehead atoms. The number of imidazole rings is 1. The van der Waals surface area contributed by atoms with Crippen LogP contribution in [0, 0.1) is 17.2 Å². The van der Waals surface area contributed by atoms with Crippen molar-refractivity contribution >= 4 is 22.4 Å². The first-order chi connectivity index (χ1) is 20.4. The van der Waals surface area contributed by atoms with E-state index >= 15 is 0 Å². The van der Waals surface area contributed by atoms with Gasteiger partial charge in [-0.1, -0.05) is 135 Å². The van der Waals surface area contributed by atoms with Crippen molar-refractivity contribution in [3.05, 3.63) is 172 Å². The number of aliphatic hydroxyl groups is 1. The maximum absolute atomic E-state index is 12.5. The van der Waals surface area contributed by atoms with Gasteiger partial charge in [0.15, 0.2) is 0 Å². The fourth-order valence-corrected chi connectivity index (χ4v) is 6.36. The summed E-state index contributed by atoms with van der Waals surface area (Å²) in [5, 5.41) is 23.9. The van der Waals surface area contributed by atoms with Gasteiger partial charge in [0, 0.05) is 11.6 Å². The molecule has 206 valence electrons. The molecule has 6 rings (SSSR count). The van der Waals surface area contributed by atoms with Gasteiger partial charge in [0.2, 0.25) is 0 Å². The zero-order valence-electron chi connectivity index (χ0n) is 23.4. The van der Waals surface area contributed by atoms with E-state index in [1.807, 2.05) is 68.8 Å². The molecule has 5 heteroatoms. The number of benzene rings is 5. The number of aromatic nitrogens is 2. The first kappa shape index (κ1) is 27.5. The second-order valence-electron chi connectivity index (χ2n) is 10.9. The van der Waals surface area contributed by atoms with E-state index in [0.29, 0.717) is 21.8 Å². The molecule has 0 aliphatic carbocycles. The van der Waals surface area contributed by atoms with E-state index in [1.54, 1.807) is 6.07 Å². The topological polar surface area (TPSA) is 61.8 Å². The standard InChI is InChI=1S/C37H30ClN3O/c1-26(2)37(42,32-20-21-33-27(22-32)18-19-28(23-39)35(33)38)34-24-41(25-40-34)36(29-12-6-3-7-13-29,30-14-8-4-9-15-30)31-16-10-5-11-17-31/h3-22,24-26,42H,1-2H3. The van der Waals surface area contributed by atoms with Crippen LogP contribution >= 0.6 is 11.6 Å². The molecule has 0 saturated heterocycles. The number of halogens is 1. The fraction of sp³-hybridized carbons (Fsp3) is 0.135. The Bertz CT molecular complexity index is 1800. The molecule has 1 N–H and O–H groups in total. The molecule has 0 saturated carbocycles. The maximum atomic E-state index is 12.5. The molecule has 0 amide bonds. The highest BCUT2D eigenvalue weighted by molar-refractivity contribution is 6.36. The largest absolute Gasteiger partial charge is 0.378 e. The number of hydrogen-bond donors (Lipinski definition) is 1. The van der Waals surface area contributed by atoms with Gasteiger partial charge in [0.05, 0.1) is 22.6 Å². The molecule has 1 atom stereocenters. The van der Waals surface area contributed by atoms with Gasteiger partial charge in [0.25, 0.3) is 0 Å². The van der Waals surface area contributed by atoms with E-state index in [4.69, 9.17) is 16.6 Å². The summed E-state index contributed by atoms with van der Waals surface area (Å²) in [6.07, 6.45) is 3.80. The fourth-order valence-electron chi connectivity index (χ4n) is 6.08. The van der Waals surface area contributed by atoms with Crippen LogP contribution in [0.3, 0.4) is 0 Å². The maximum Gasteiger partial charge on any atom is 0.135 e. The Hall–Kier alpha value is -4.69. The quantitative estimate of drug-likeness (QED) is 0.197. The molecule has 1 unspecified atom stereocenters. The van der Waals surface area contributed by atoms with E-state index in [1.165, 1.54) is 0 Å². The molecule has 4 nitrogen and oxygen atoms in total. The summed E-state index contributed by atoms with van der Waals surface area (Å²) in [6, 6.07) is 42.6. The molecule has 0 aliphatic rings. The highest BCUT2D eigenvalue weighted by Crippen LogP contribution is 2.43. The Morgan fingerprint density at radius 3 is 1.81 bits per heavy atom. The minimum Gasteiger partial charge on any atom is -0.378 e. The van der Waals surface area contributed by atoms with Gasteiger partial charge >= 0.3 is 0 Å². The zero-order chi connectivity index (χ0) is 29.3. The average Bonchev–Trinajstić information content (AvgIpc) is 3.53. The summed E-state index contributed by atoms with van der Waals surface area (Å²) < 4.78 is 2.12. The number of nitrogens with zero attached hydrogens (tertiary/aromatic N) is 3. The third-order valence-electron chi connectivity index (χ3n) is 8.29. The first-order valence-electron chi connectivity index (χ1n) is 14.0. The number of nitriles is 1. The van der Waals surface area contributed by atoms with Crippen molar-refractivity contribution in [2.75, 3.05) is 0 Å². The Morgan fingerprint density at radius 1 is 0.762 bits per heavy atom. The molecule has 42 heavy (non-hydrogen) atoms. The minimum absolute atomic E-state index is 0.202. The molecule has 5 aromatic carbocycles. The lowest BCUT2D eigenvalue weighted by molar-refractivity contribution is 0.0279. The molecule has 6 aromatic rings. The number of fused-ring (bicyclic) bond motifs is 1. The Labute approximate surface area is 251 Å². The molecule has 0 spiro atoms. The summed E-state index contributed by atoms with van der Waals surface area (Å²) in [6.45, 7) is 3.99. The van der Waals surface area contributed by atoms with Crippen molar-refractivity contribution in [3.63, 3.8) is 0 Å². The Morgan fingerprint density at radius 2 is 1.31 bits per heavy atom. The van der Waals surface area contributed by atoms with Crippen molar-refractivity contribution in [2.45, 2.75) is 25.0 Å². The summed E-state index contributed by atoms with van der Waals surface area (Å²) in [5.41, 5.74) is 2.78. The second kappa shape index (κ2) is 10.9. The lowest BCUT2D eigenvalue weighted by Crippen LogP contribution is -2.37. The molecule has 1 heterocycles. The smallest absolute Gasteiger partial charge is 0.135 e. The third kappa shape index (κ3) is 4.30. The van der Waals surface area contributed by atoms with Crippen LogP contribution in [0.15, 0.2) is 134 Å². The molecule has 0 radical (unpaired) electrons. The van der Waals surface area contributed by atoms with Crippen LogP contribution in [0.4, 0.5) is 0 Å². The average molecular weight is 568 g/mol. The van der Waals surface area contributed by atoms with Crippen LogP contribution < -0.4 is 0 Å². The van der Waals surface area contributed by atoms with Crippen LogP contribution in [0.25, 0.3) is 10.8 Å². The van der Waals surface area contributed by atoms with E-state index in [0.717, 1.165) is 27.5 Å². The van der Waals surface area contributed by atoms with Crippen molar-refractivity contribution in [3.8, 4) is 6.07 Å². The van der Waals surface area contributed by atoms with Crippen LogP contribution in [-0.2, 0) is 11.1 Å². The second-order valence-corrected chi connectivity index (χ2v) is 11.2. The SMILES string of the molecule is CC(C)C(O)(c1ccc2c(Cl)c(C#N)ccc2c1)c1cn(C(c2ccccc2)(c2ccccc2)c2ccccc2)cn1. The third-order valence-corrected chi connectivity index (χ3v) is 8.69. The molecule has 0 fully saturated rings. The molecule has 1 aromatic heterocycles. The highest BCUT2D eigenvalue weighted by Gasteiger charge is 2.42. The highest BCUT2D eigenvalue weighted by atomic mass is 35.5. The van der Waals surface area contributed by atoms with Gasteiger partial charge in [-0.2, -0.15) is 5.26 Å². The van der Waals surface area contributed by atoms with E-state index in [2.05, 4.69) is 83.4 Å². The lowest BCUT2D eigenvalue weighted by atomic mass is 9.76. The van der Waals surface area contributed by atoms with E-state index in [-0.39, 0.29) is 5.92 Å².